The van der Waals surface area contributed by atoms with E-state index in [9.17, 15) is 0 Å². The van der Waals surface area contributed by atoms with Crippen molar-refractivity contribution >= 4 is 0 Å². The topological polar surface area (TPSA) is 28.6 Å². The standard InChI is InChI=1S/C21H26N2/c1-3-19-18-11-7-5-9-16(18)13-21(23-19)20-12-15-8-4-6-10-17(15)14(2)22-20/h4-11,14,19-23H,3,12-13H2,1-2H3/p+1. The zero-order valence-electron chi connectivity index (χ0n) is 14.1. The lowest BCUT2D eigenvalue weighted by atomic mass is 9.81. The molecule has 4 atom stereocenters. The first-order valence-corrected chi connectivity index (χ1v) is 9.03. The minimum Gasteiger partial charge on any atom is -0.336 e. The normalized spacial score (nSPS) is 29.7. The fraction of sp³-hybridized carbons (Fsp3) is 0.429. The number of hydrogen-bond acceptors (Lipinski definition) is 1. The van der Waals surface area contributed by atoms with E-state index in [1.165, 1.54) is 17.5 Å². The van der Waals surface area contributed by atoms with Crippen LogP contribution < -0.4 is 10.6 Å². The first-order valence-electron chi connectivity index (χ1n) is 9.03. The summed E-state index contributed by atoms with van der Waals surface area (Å²) in [6, 6.07) is 20.2. The van der Waals surface area contributed by atoms with Crippen molar-refractivity contribution in [2.75, 3.05) is 0 Å². The van der Waals surface area contributed by atoms with Gasteiger partial charge in [-0.15, -0.1) is 0 Å². The summed E-state index contributed by atoms with van der Waals surface area (Å²) in [5, 5.41) is 6.53. The van der Waals surface area contributed by atoms with Crippen LogP contribution in [0.15, 0.2) is 48.5 Å². The van der Waals surface area contributed by atoms with Crippen molar-refractivity contribution in [3.8, 4) is 0 Å². The van der Waals surface area contributed by atoms with Crippen LogP contribution >= 0.6 is 0 Å². The highest BCUT2D eigenvalue weighted by atomic mass is 15.1. The molecule has 4 rings (SSSR count). The van der Waals surface area contributed by atoms with E-state index in [1.54, 1.807) is 11.1 Å². The maximum absolute atomic E-state index is 3.95. The molecule has 0 aromatic heterocycles. The number of nitrogens with one attached hydrogen (secondary N) is 1. The molecule has 23 heavy (non-hydrogen) atoms. The van der Waals surface area contributed by atoms with E-state index in [4.69, 9.17) is 0 Å². The molecule has 3 N–H and O–H groups in total. The first kappa shape index (κ1) is 14.9. The Kier molecular flexibility index (Phi) is 3.96. The third-order valence-electron chi connectivity index (χ3n) is 5.75. The Hall–Kier alpha value is -1.64. The fourth-order valence-corrected chi connectivity index (χ4v) is 4.55. The minimum absolute atomic E-state index is 0.505. The number of rotatable bonds is 2. The Morgan fingerprint density at radius 2 is 1.61 bits per heavy atom. The maximum atomic E-state index is 3.95. The summed E-state index contributed by atoms with van der Waals surface area (Å²) < 4.78 is 0. The lowest BCUT2D eigenvalue weighted by molar-refractivity contribution is -0.731. The second-order valence-corrected chi connectivity index (χ2v) is 7.18. The van der Waals surface area contributed by atoms with Gasteiger partial charge in [-0.1, -0.05) is 55.5 Å². The van der Waals surface area contributed by atoms with E-state index < -0.39 is 0 Å². The summed E-state index contributed by atoms with van der Waals surface area (Å²) in [7, 11) is 0. The summed E-state index contributed by atoms with van der Waals surface area (Å²) in [5.41, 5.74) is 6.12. The molecule has 0 spiro atoms. The van der Waals surface area contributed by atoms with Crippen LogP contribution in [0.1, 0.15) is 54.6 Å². The average Bonchev–Trinajstić information content (AvgIpc) is 2.60. The van der Waals surface area contributed by atoms with Crippen LogP contribution in [0, 0.1) is 0 Å². The van der Waals surface area contributed by atoms with E-state index in [-0.39, 0.29) is 0 Å². The predicted molar refractivity (Wildman–Crippen MR) is 94.4 cm³/mol. The van der Waals surface area contributed by atoms with Crippen LogP contribution in [0.2, 0.25) is 0 Å². The Morgan fingerprint density at radius 1 is 0.957 bits per heavy atom. The van der Waals surface area contributed by atoms with Crippen LogP contribution in [0.25, 0.3) is 0 Å². The van der Waals surface area contributed by atoms with E-state index in [2.05, 4.69) is 73.0 Å². The molecule has 0 aliphatic carbocycles. The van der Waals surface area contributed by atoms with Crippen molar-refractivity contribution in [1.82, 2.24) is 5.32 Å². The van der Waals surface area contributed by atoms with Gasteiger partial charge in [0.05, 0.1) is 6.04 Å². The third kappa shape index (κ3) is 2.71. The van der Waals surface area contributed by atoms with E-state index in [0.717, 1.165) is 12.8 Å². The van der Waals surface area contributed by atoms with E-state index in [0.29, 0.717) is 24.2 Å². The molecular weight excluding hydrogens is 280 g/mol. The zero-order chi connectivity index (χ0) is 15.8. The average molecular weight is 307 g/mol. The van der Waals surface area contributed by atoms with Crippen molar-refractivity contribution in [3.05, 3.63) is 70.8 Å². The van der Waals surface area contributed by atoms with E-state index in [1.807, 2.05) is 0 Å². The molecule has 0 radical (unpaired) electrons. The van der Waals surface area contributed by atoms with Crippen LogP contribution in [-0.4, -0.2) is 12.1 Å². The van der Waals surface area contributed by atoms with Gasteiger partial charge in [0.2, 0.25) is 0 Å². The summed E-state index contributed by atoms with van der Waals surface area (Å²) >= 11 is 0. The predicted octanol–water partition coefficient (Wildman–Crippen LogP) is 2.90. The molecule has 2 nitrogen and oxygen atoms in total. The molecule has 2 aliphatic heterocycles. The van der Waals surface area contributed by atoms with Gasteiger partial charge in [0.1, 0.15) is 12.1 Å². The first-order chi connectivity index (χ1) is 11.3. The molecule has 0 fully saturated rings. The Bertz CT molecular complexity index is 694. The molecular formula is C21H27N2+. The second-order valence-electron chi connectivity index (χ2n) is 7.18. The third-order valence-corrected chi connectivity index (χ3v) is 5.75. The molecule has 2 aromatic carbocycles. The molecule has 0 bridgehead atoms. The number of quaternary nitrogens is 1. The van der Waals surface area contributed by atoms with Crippen LogP contribution in [0.5, 0.6) is 0 Å². The van der Waals surface area contributed by atoms with Gasteiger partial charge in [-0.2, -0.15) is 0 Å². The summed E-state index contributed by atoms with van der Waals surface area (Å²) in [6.07, 6.45) is 3.49. The second kappa shape index (κ2) is 6.10. The van der Waals surface area contributed by atoms with Gasteiger partial charge in [0, 0.05) is 18.0 Å². The van der Waals surface area contributed by atoms with Gasteiger partial charge >= 0.3 is 0 Å². The highest BCUT2D eigenvalue weighted by Crippen LogP contribution is 2.30. The zero-order valence-corrected chi connectivity index (χ0v) is 14.1. The minimum atomic E-state index is 0.505. The van der Waals surface area contributed by atoms with Gasteiger partial charge in [0.15, 0.2) is 0 Å². The van der Waals surface area contributed by atoms with Gasteiger partial charge in [0.25, 0.3) is 0 Å². The number of benzene rings is 2. The number of hydrogen-bond donors (Lipinski definition) is 2. The van der Waals surface area contributed by atoms with Crippen LogP contribution in [-0.2, 0) is 12.8 Å². The lowest BCUT2D eigenvalue weighted by Gasteiger charge is -2.39. The molecule has 2 heterocycles. The molecule has 4 unspecified atom stereocenters. The van der Waals surface area contributed by atoms with Gasteiger partial charge in [-0.05, 0) is 36.5 Å². The van der Waals surface area contributed by atoms with Gasteiger partial charge in [-0.3, -0.25) is 0 Å². The molecule has 2 aliphatic rings. The van der Waals surface area contributed by atoms with Crippen molar-refractivity contribution in [2.24, 2.45) is 0 Å². The number of nitrogens with two attached hydrogens (primary N) is 1. The quantitative estimate of drug-likeness (QED) is 0.877. The summed E-state index contributed by atoms with van der Waals surface area (Å²) in [6.45, 7) is 4.64. The molecule has 2 aromatic rings. The van der Waals surface area contributed by atoms with E-state index >= 15 is 0 Å². The fourth-order valence-electron chi connectivity index (χ4n) is 4.55. The summed E-state index contributed by atoms with van der Waals surface area (Å²) in [5.74, 6) is 0. The highest BCUT2D eigenvalue weighted by Gasteiger charge is 2.36. The monoisotopic (exact) mass is 307 g/mol. The van der Waals surface area contributed by atoms with Crippen molar-refractivity contribution in [2.45, 2.75) is 57.3 Å². The van der Waals surface area contributed by atoms with Gasteiger partial charge < -0.3 is 10.6 Å². The number of fused-ring (bicyclic) bond motifs is 2. The maximum Gasteiger partial charge on any atom is 0.109 e. The molecule has 0 saturated carbocycles. The molecule has 120 valence electrons. The SMILES string of the molecule is CCC1NC(C2Cc3ccccc3C(C)[NH2+]2)Cc2ccccc21. The van der Waals surface area contributed by atoms with Crippen molar-refractivity contribution in [1.29, 1.82) is 0 Å². The van der Waals surface area contributed by atoms with Crippen LogP contribution in [0.4, 0.5) is 0 Å². The van der Waals surface area contributed by atoms with Crippen molar-refractivity contribution in [3.63, 3.8) is 0 Å². The lowest BCUT2D eigenvalue weighted by Crippen LogP contribution is -2.95. The Morgan fingerprint density at radius 3 is 2.35 bits per heavy atom. The summed E-state index contributed by atoms with van der Waals surface area (Å²) in [4.78, 5) is 0. The highest BCUT2D eigenvalue weighted by molar-refractivity contribution is 5.35. The largest absolute Gasteiger partial charge is 0.336 e. The Balaban J connectivity index is 1.60. The Labute approximate surface area is 139 Å². The smallest absolute Gasteiger partial charge is 0.109 e. The van der Waals surface area contributed by atoms with Gasteiger partial charge in [-0.25, -0.2) is 0 Å². The van der Waals surface area contributed by atoms with Crippen LogP contribution in [0.3, 0.4) is 0 Å². The molecule has 0 amide bonds. The van der Waals surface area contributed by atoms with Crippen molar-refractivity contribution < 1.29 is 5.32 Å². The molecule has 2 heteroatoms. The molecule has 0 saturated heterocycles.